The Labute approximate surface area is 103 Å². The van der Waals surface area contributed by atoms with Crippen LogP contribution in [0.15, 0.2) is 48.5 Å². The molecule has 0 bridgehead atoms. The first kappa shape index (κ1) is 9.67. The maximum absolute atomic E-state index is 5.35. The summed E-state index contributed by atoms with van der Waals surface area (Å²) in [4.78, 5) is 18.3. The molecule has 88 valence electrons. The lowest BCUT2D eigenvalue weighted by atomic mass is 10.1. The summed E-state index contributed by atoms with van der Waals surface area (Å²) < 4.78 is 0. The minimum absolute atomic E-state index is 0.284. The quantitative estimate of drug-likeness (QED) is 0.663. The molecule has 1 aromatic heterocycles. The predicted molar refractivity (Wildman–Crippen MR) is 66.1 cm³/mol. The van der Waals surface area contributed by atoms with Gasteiger partial charge >= 0.3 is 0 Å². The van der Waals surface area contributed by atoms with Crippen LogP contribution in [0.25, 0.3) is 11.0 Å². The highest BCUT2D eigenvalue weighted by molar-refractivity contribution is 5.75. The van der Waals surface area contributed by atoms with E-state index >= 15 is 0 Å². The number of aromatic amines is 1. The van der Waals surface area contributed by atoms with Crippen LogP contribution in [0.1, 0.15) is 17.5 Å². The van der Waals surface area contributed by atoms with Crippen molar-refractivity contribution >= 4 is 11.0 Å². The van der Waals surface area contributed by atoms with Crippen LogP contribution < -0.4 is 4.89 Å². The molecule has 0 aliphatic carbocycles. The Hall–Kier alpha value is -2.33. The maximum Gasteiger partial charge on any atom is 0.191 e. The third kappa shape index (κ3) is 1.33. The molecule has 1 aliphatic rings. The lowest BCUT2D eigenvalue weighted by Gasteiger charge is -2.02. The van der Waals surface area contributed by atoms with E-state index in [2.05, 4.69) is 9.97 Å². The Morgan fingerprint density at radius 2 is 1.83 bits per heavy atom. The van der Waals surface area contributed by atoms with Crippen LogP contribution in [-0.4, -0.2) is 9.97 Å². The molecule has 2 aromatic carbocycles. The number of fused-ring (bicyclic) bond motifs is 2. The molecule has 0 amide bonds. The van der Waals surface area contributed by atoms with E-state index in [-0.39, 0.29) is 6.10 Å². The Bertz CT molecular complexity index is 687. The molecule has 1 atom stereocenters. The van der Waals surface area contributed by atoms with E-state index in [0.29, 0.717) is 0 Å². The van der Waals surface area contributed by atoms with Gasteiger partial charge in [0.15, 0.2) is 11.9 Å². The van der Waals surface area contributed by atoms with Gasteiger partial charge in [-0.3, -0.25) is 0 Å². The standard InChI is InChI=1S/C14H10N2O2/c1-4-8-12-9(5-1)13(18-17-12)14-15-10-6-2-3-7-11(10)16-14/h1-8,13H,(H,15,16). The predicted octanol–water partition coefficient (Wildman–Crippen LogP) is 2.98. The number of nitrogens with one attached hydrogen (secondary N) is 1. The van der Waals surface area contributed by atoms with Crippen molar-refractivity contribution in [2.24, 2.45) is 0 Å². The monoisotopic (exact) mass is 238 g/mol. The molecule has 1 aliphatic heterocycles. The summed E-state index contributed by atoms with van der Waals surface area (Å²) in [5, 5.41) is 0. The van der Waals surface area contributed by atoms with E-state index in [4.69, 9.17) is 9.78 Å². The molecule has 0 spiro atoms. The van der Waals surface area contributed by atoms with Crippen LogP contribution >= 0.6 is 0 Å². The van der Waals surface area contributed by atoms with Crippen molar-refractivity contribution < 1.29 is 9.78 Å². The summed E-state index contributed by atoms with van der Waals surface area (Å²) in [7, 11) is 0. The van der Waals surface area contributed by atoms with Crippen LogP contribution in [0.3, 0.4) is 0 Å². The highest BCUT2D eigenvalue weighted by Crippen LogP contribution is 2.38. The van der Waals surface area contributed by atoms with Crippen molar-refractivity contribution in [1.29, 1.82) is 0 Å². The van der Waals surface area contributed by atoms with Crippen LogP contribution in [0.4, 0.5) is 0 Å². The fraction of sp³-hybridized carbons (Fsp3) is 0.0714. The fourth-order valence-electron chi connectivity index (χ4n) is 2.21. The summed E-state index contributed by atoms with van der Waals surface area (Å²) in [6.45, 7) is 0. The molecular weight excluding hydrogens is 228 g/mol. The first-order chi connectivity index (χ1) is 8.92. The average Bonchev–Trinajstić information content (AvgIpc) is 3.02. The van der Waals surface area contributed by atoms with Gasteiger partial charge in [0.2, 0.25) is 0 Å². The van der Waals surface area contributed by atoms with Crippen molar-refractivity contribution in [3.05, 3.63) is 59.9 Å². The molecule has 0 saturated carbocycles. The number of aromatic nitrogens is 2. The molecule has 1 N–H and O–H groups in total. The zero-order valence-electron chi connectivity index (χ0n) is 9.46. The highest BCUT2D eigenvalue weighted by Gasteiger charge is 2.29. The van der Waals surface area contributed by atoms with Crippen LogP contribution in [-0.2, 0) is 4.89 Å². The fourth-order valence-corrected chi connectivity index (χ4v) is 2.21. The molecule has 4 rings (SSSR count). The van der Waals surface area contributed by atoms with Gasteiger partial charge in [0.25, 0.3) is 0 Å². The first-order valence-electron chi connectivity index (χ1n) is 5.79. The molecule has 2 heterocycles. The Balaban J connectivity index is 1.85. The molecule has 1 unspecified atom stereocenters. The van der Waals surface area contributed by atoms with E-state index in [0.717, 1.165) is 28.2 Å². The van der Waals surface area contributed by atoms with Gasteiger partial charge in [0, 0.05) is 5.56 Å². The molecule has 4 nitrogen and oxygen atoms in total. The smallest absolute Gasteiger partial charge is 0.191 e. The van der Waals surface area contributed by atoms with E-state index in [1.165, 1.54) is 0 Å². The van der Waals surface area contributed by atoms with Gasteiger partial charge in [-0.25, -0.2) is 4.98 Å². The number of hydrogen-bond donors (Lipinski definition) is 1. The minimum Gasteiger partial charge on any atom is -0.339 e. The highest BCUT2D eigenvalue weighted by atomic mass is 17.2. The van der Waals surface area contributed by atoms with E-state index in [9.17, 15) is 0 Å². The van der Waals surface area contributed by atoms with Crippen molar-refractivity contribution in [3.63, 3.8) is 0 Å². The minimum atomic E-state index is -0.284. The maximum atomic E-state index is 5.35. The van der Waals surface area contributed by atoms with Gasteiger partial charge in [-0.1, -0.05) is 30.3 Å². The second-order valence-electron chi connectivity index (χ2n) is 4.24. The number of para-hydroxylation sites is 3. The third-order valence-corrected chi connectivity index (χ3v) is 3.09. The zero-order chi connectivity index (χ0) is 11.9. The van der Waals surface area contributed by atoms with Crippen LogP contribution in [0.2, 0.25) is 0 Å². The number of rotatable bonds is 1. The molecule has 3 aromatic rings. The van der Waals surface area contributed by atoms with Crippen molar-refractivity contribution in [3.8, 4) is 5.75 Å². The second-order valence-corrected chi connectivity index (χ2v) is 4.24. The zero-order valence-corrected chi connectivity index (χ0v) is 9.46. The average molecular weight is 238 g/mol. The Morgan fingerprint density at radius 3 is 2.78 bits per heavy atom. The molecule has 0 radical (unpaired) electrons. The van der Waals surface area contributed by atoms with E-state index in [1.54, 1.807) is 0 Å². The summed E-state index contributed by atoms with van der Waals surface area (Å²) in [5.41, 5.74) is 2.93. The Morgan fingerprint density at radius 1 is 1.00 bits per heavy atom. The van der Waals surface area contributed by atoms with Gasteiger partial charge in [-0.05, 0) is 18.2 Å². The lowest BCUT2D eigenvalue weighted by Crippen LogP contribution is -2.01. The summed E-state index contributed by atoms with van der Waals surface area (Å²) in [6.07, 6.45) is -0.284. The molecular formula is C14H10N2O2. The lowest BCUT2D eigenvalue weighted by molar-refractivity contribution is -0.213. The SMILES string of the molecule is c1ccc2c(c1)OOC2c1nc2ccccc2[nH]1. The van der Waals surface area contributed by atoms with E-state index in [1.807, 2.05) is 48.5 Å². The van der Waals surface area contributed by atoms with Gasteiger partial charge < -0.3 is 9.87 Å². The topological polar surface area (TPSA) is 47.1 Å². The van der Waals surface area contributed by atoms with E-state index < -0.39 is 0 Å². The van der Waals surface area contributed by atoms with Gasteiger partial charge in [0.1, 0.15) is 5.82 Å². The van der Waals surface area contributed by atoms with Gasteiger partial charge in [-0.15, -0.1) is 0 Å². The number of hydrogen-bond acceptors (Lipinski definition) is 3. The number of nitrogens with zero attached hydrogens (tertiary/aromatic N) is 1. The molecule has 18 heavy (non-hydrogen) atoms. The number of H-pyrrole nitrogens is 1. The number of imidazole rings is 1. The third-order valence-electron chi connectivity index (χ3n) is 3.09. The second kappa shape index (κ2) is 3.58. The van der Waals surface area contributed by atoms with Crippen LogP contribution in [0, 0.1) is 0 Å². The molecule has 0 saturated heterocycles. The number of benzene rings is 2. The van der Waals surface area contributed by atoms with Crippen molar-refractivity contribution in [2.45, 2.75) is 6.10 Å². The first-order valence-corrected chi connectivity index (χ1v) is 5.79. The summed E-state index contributed by atoms with van der Waals surface area (Å²) in [6, 6.07) is 15.7. The van der Waals surface area contributed by atoms with Crippen LogP contribution in [0.5, 0.6) is 5.75 Å². The van der Waals surface area contributed by atoms with Crippen molar-refractivity contribution in [2.75, 3.05) is 0 Å². The normalized spacial score (nSPS) is 17.7. The van der Waals surface area contributed by atoms with Crippen molar-refractivity contribution in [1.82, 2.24) is 9.97 Å². The van der Waals surface area contributed by atoms with Gasteiger partial charge in [-0.2, -0.15) is 4.89 Å². The Kier molecular flexibility index (Phi) is 1.92. The summed E-state index contributed by atoms with van der Waals surface area (Å²) >= 11 is 0. The largest absolute Gasteiger partial charge is 0.339 e. The molecule has 4 heteroatoms. The summed E-state index contributed by atoms with van der Waals surface area (Å²) in [5.74, 6) is 1.52. The molecule has 0 fully saturated rings. The van der Waals surface area contributed by atoms with Gasteiger partial charge in [0.05, 0.1) is 11.0 Å².